The molecule has 0 spiro atoms. The van der Waals surface area contributed by atoms with E-state index in [0.29, 0.717) is 22.1 Å². The minimum absolute atomic E-state index is 0.279. The van der Waals surface area contributed by atoms with Crippen LogP contribution in [0.5, 0.6) is 0 Å². The predicted molar refractivity (Wildman–Crippen MR) is 117 cm³/mol. The highest BCUT2D eigenvalue weighted by Crippen LogP contribution is 2.37. The lowest BCUT2D eigenvalue weighted by atomic mass is 10.1. The molecule has 0 radical (unpaired) electrons. The van der Waals surface area contributed by atoms with Gasteiger partial charge in [0, 0.05) is 42.8 Å². The summed E-state index contributed by atoms with van der Waals surface area (Å²) < 4.78 is 0.889. The number of nitrogens with one attached hydrogen (secondary N) is 2. The molecule has 3 heterocycles. The maximum atomic E-state index is 11.5. The number of hydrogen-bond acceptors (Lipinski definition) is 7. The van der Waals surface area contributed by atoms with Gasteiger partial charge in [-0.15, -0.1) is 11.3 Å². The smallest absolute Gasteiger partial charge is 0.336 e. The lowest BCUT2D eigenvalue weighted by molar-refractivity contribution is 0.0699. The van der Waals surface area contributed by atoms with Crippen LogP contribution in [0.4, 0.5) is 5.95 Å². The van der Waals surface area contributed by atoms with Crippen LogP contribution >= 0.6 is 22.9 Å². The van der Waals surface area contributed by atoms with Gasteiger partial charge in [0.15, 0.2) is 0 Å². The molecule has 0 aliphatic carbocycles. The van der Waals surface area contributed by atoms with Crippen LogP contribution in [0.2, 0.25) is 5.02 Å². The molecule has 1 saturated heterocycles. The van der Waals surface area contributed by atoms with E-state index >= 15 is 0 Å². The number of rotatable bonds is 7. The summed E-state index contributed by atoms with van der Waals surface area (Å²) in [5.41, 5.74) is 0.894. The molecule has 0 atom stereocenters. The molecule has 3 N–H and O–H groups in total. The maximum Gasteiger partial charge on any atom is 0.336 e. The molecular formula is C20H22ClN5O2S. The van der Waals surface area contributed by atoms with Gasteiger partial charge in [-0.3, -0.25) is 0 Å². The lowest BCUT2D eigenvalue weighted by Crippen LogP contribution is -2.44. The van der Waals surface area contributed by atoms with Crippen molar-refractivity contribution in [2.45, 2.75) is 6.42 Å². The molecule has 0 bridgehead atoms. The van der Waals surface area contributed by atoms with Gasteiger partial charge < -0.3 is 20.6 Å². The summed E-state index contributed by atoms with van der Waals surface area (Å²) in [5, 5.41) is 17.2. The Hall–Kier alpha value is -2.26. The van der Waals surface area contributed by atoms with Gasteiger partial charge in [-0.25, -0.2) is 14.8 Å². The van der Waals surface area contributed by atoms with E-state index in [1.807, 2.05) is 12.1 Å². The van der Waals surface area contributed by atoms with Gasteiger partial charge in [0.25, 0.3) is 0 Å². The zero-order chi connectivity index (χ0) is 20.2. The molecule has 29 heavy (non-hydrogen) atoms. The van der Waals surface area contributed by atoms with E-state index in [4.69, 9.17) is 11.6 Å². The van der Waals surface area contributed by atoms with E-state index in [9.17, 15) is 9.90 Å². The van der Waals surface area contributed by atoms with Crippen molar-refractivity contribution >= 4 is 44.9 Å². The first-order chi connectivity index (χ1) is 14.1. The second-order valence-corrected chi connectivity index (χ2v) is 8.39. The Morgan fingerprint density at radius 1 is 1.34 bits per heavy atom. The number of aromatic carboxylic acids is 1. The number of piperazine rings is 1. The number of halogens is 1. The van der Waals surface area contributed by atoms with Gasteiger partial charge in [0.1, 0.15) is 5.69 Å². The van der Waals surface area contributed by atoms with E-state index in [0.717, 1.165) is 55.3 Å². The summed E-state index contributed by atoms with van der Waals surface area (Å²) in [7, 11) is 0. The molecule has 1 aliphatic heterocycles. The lowest BCUT2D eigenvalue weighted by Gasteiger charge is -2.27. The van der Waals surface area contributed by atoms with Crippen LogP contribution in [-0.2, 0) is 0 Å². The fourth-order valence-corrected chi connectivity index (χ4v) is 4.77. The minimum atomic E-state index is -0.944. The van der Waals surface area contributed by atoms with Crippen molar-refractivity contribution in [2.75, 3.05) is 44.6 Å². The van der Waals surface area contributed by atoms with E-state index in [1.165, 1.54) is 11.3 Å². The molecular weight excluding hydrogens is 410 g/mol. The van der Waals surface area contributed by atoms with Crippen molar-refractivity contribution in [2.24, 2.45) is 0 Å². The molecule has 7 nitrogen and oxygen atoms in total. The first-order valence-electron chi connectivity index (χ1n) is 9.57. The SMILES string of the molecule is O=C(O)c1cccc2sc(-c3nc(NCCCN4CCNCC4)ncc3Cl)cc12. The normalized spacial score (nSPS) is 14.9. The van der Waals surface area contributed by atoms with Gasteiger partial charge in [0.05, 0.1) is 21.7 Å². The number of nitrogens with zero attached hydrogens (tertiary/aromatic N) is 3. The molecule has 0 amide bonds. The van der Waals surface area contributed by atoms with E-state index < -0.39 is 5.97 Å². The first kappa shape index (κ1) is 20.0. The topological polar surface area (TPSA) is 90.4 Å². The minimum Gasteiger partial charge on any atom is -0.478 e. The highest BCUT2D eigenvalue weighted by atomic mass is 35.5. The Balaban J connectivity index is 1.47. The molecule has 4 rings (SSSR count). The second kappa shape index (κ2) is 9.04. The fourth-order valence-electron chi connectivity index (χ4n) is 3.43. The van der Waals surface area contributed by atoms with Crippen LogP contribution in [0.25, 0.3) is 20.7 Å². The van der Waals surface area contributed by atoms with Crippen LogP contribution in [0.3, 0.4) is 0 Å². The third kappa shape index (κ3) is 4.67. The molecule has 3 aromatic rings. The average molecular weight is 432 g/mol. The van der Waals surface area contributed by atoms with Crippen LogP contribution in [0, 0.1) is 0 Å². The number of aromatic nitrogens is 2. The number of anilines is 1. The maximum absolute atomic E-state index is 11.5. The number of carbonyl (C=O) groups is 1. The zero-order valence-corrected chi connectivity index (χ0v) is 17.4. The van der Waals surface area contributed by atoms with E-state index in [-0.39, 0.29) is 5.56 Å². The summed E-state index contributed by atoms with van der Waals surface area (Å²) in [4.78, 5) is 23.6. The zero-order valence-electron chi connectivity index (χ0n) is 15.8. The van der Waals surface area contributed by atoms with Crippen LogP contribution in [-0.4, -0.2) is 65.2 Å². The number of carboxylic acid groups (broad SMARTS) is 1. The summed E-state index contributed by atoms with van der Waals surface area (Å²) in [6.45, 7) is 6.10. The van der Waals surface area contributed by atoms with Gasteiger partial charge in [-0.05, 0) is 31.2 Å². The molecule has 0 saturated carbocycles. The van der Waals surface area contributed by atoms with Gasteiger partial charge >= 0.3 is 5.97 Å². The third-order valence-electron chi connectivity index (χ3n) is 4.91. The van der Waals surface area contributed by atoms with E-state index in [2.05, 4.69) is 25.5 Å². The van der Waals surface area contributed by atoms with Crippen molar-refractivity contribution in [3.8, 4) is 10.6 Å². The van der Waals surface area contributed by atoms with Crippen LogP contribution in [0.1, 0.15) is 16.8 Å². The first-order valence-corrected chi connectivity index (χ1v) is 10.8. The molecule has 1 aromatic carbocycles. The summed E-state index contributed by atoms with van der Waals surface area (Å²) >= 11 is 7.82. The molecule has 9 heteroatoms. The Morgan fingerprint density at radius 3 is 2.97 bits per heavy atom. The monoisotopic (exact) mass is 431 g/mol. The molecule has 1 fully saturated rings. The van der Waals surface area contributed by atoms with Crippen LogP contribution < -0.4 is 10.6 Å². The van der Waals surface area contributed by atoms with E-state index in [1.54, 1.807) is 18.3 Å². The predicted octanol–water partition coefficient (Wildman–Crippen LogP) is 3.42. The van der Waals surface area contributed by atoms with Gasteiger partial charge in [-0.2, -0.15) is 0 Å². The third-order valence-corrected chi connectivity index (χ3v) is 6.30. The molecule has 0 unspecified atom stereocenters. The Kier molecular flexibility index (Phi) is 6.25. The van der Waals surface area contributed by atoms with Crippen molar-refractivity contribution in [3.63, 3.8) is 0 Å². The standard InChI is InChI=1S/C20H22ClN5O2S/c21-15-12-24-20(23-5-2-8-26-9-6-22-7-10-26)25-18(15)17-11-14-13(19(27)28)3-1-4-16(14)29-17/h1,3-4,11-12,22H,2,5-10H2,(H,27,28)(H,23,24,25). The van der Waals surface area contributed by atoms with Crippen molar-refractivity contribution < 1.29 is 9.90 Å². The summed E-state index contributed by atoms with van der Waals surface area (Å²) in [6, 6.07) is 7.10. The largest absolute Gasteiger partial charge is 0.478 e. The number of carboxylic acids is 1. The highest BCUT2D eigenvalue weighted by Gasteiger charge is 2.16. The number of thiophene rings is 1. The van der Waals surface area contributed by atoms with Gasteiger partial charge in [-0.1, -0.05) is 17.7 Å². The fraction of sp³-hybridized carbons (Fsp3) is 0.350. The van der Waals surface area contributed by atoms with Crippen molar-refractivity contribution in [3.05, 3.63) is 41.0 Å². The Bertz CT molecular complexity index is 1020. The van der Waals surface area contributed by atoms with Crippen LogP contribution in [0.15, 0.2) is 30.5 Å². The average Bonchev–Trinajstić information content (AvgIpc) is 3.17. The number of hydrogen-bond donors (Lipinski definition) is 3. The molecule has 1 aliphatic rings. The molecule has 152 valence electrons. The highest BCUT2D eigenvalue weighted by molar-refractivity contribution is 7.22. The number of benzene rings is 1. The molecule has 2 aromatic heterocycles. The van der Waals surface area contributed by atoms with Gasteiger partial charge in [0.2, 0.25) is 5.95 Å². The quantitative estimate of drug-likeness (QED) is 0.494. The van der Waals surface area contributed by atoms with Crippen molar-refractivity contribution in [1.29, 1.82) is 0 Å². The summed E-state index contributed by atoms with van der Waals surface area (Å²) in [5.74, 6) is -0.416. The second-order valence-electron chi connectivity index (χ2n) is 6.90. The van der Waals surface area contributed by atoms with Crippen molar-refractivity contribution in [1.82, 2.24) is 20.2 Å². The Morgan fingerprint density at radius 2 is 2.17 bits per heavy atom. The summed E-state index contributed by atoms with van der Waals surface area (Å²) in [6.07, 6.45) is 2.59. The Labute approximate surface area is 177 Å². The number of fused-ring (bicyclic) bond motifs is 1.